The summed E-state index contributed by atoms with van der Waals surface area (Å²) >= 11 is 0. The lowest BCUT2D eigenvalue weighted by Gasteiger charge is -2.38. The number of benzene rings is 4. The number of aliphatic hydroxyl groups excluding tert-OH is 3. The van der Waals surface area contributed by atoms with Gasteiger partial charge < -0.3 is 73.3 Å². The molecule has 0 radical (unpaired) electrons. The Hall–Kier alpha value is -4.40. The molecule has 4 aromatic rings. The van der Waals surface area contributed by atoms with Gasteiger partial charge in [-0.1, -0.05) is 79.7 Å². The van der Waals surface area contributed by atoms with Crippen LogP contribution in [0.1, 0.15) is 152 Å². The van der Waals surface area contributed by atoms with E-state index in [1.807, 2.05) is 49.4 Å². The Morgan fingerprint density at radius 1 is 0.486 bits per heavy atom. The average molecular weight is 1030 g/mol. The number of nitrogens with one attached hydrogen (secondary N) is 1. The quantitative estimate of drug-likeness (QED) is 0.0308. The van der Waals surface area contributed by atoms with Gasteiger partial charge in [0, 0.05) is 36.0 Å². The summed E-state index contributed by atoms with van der Waals surface area (Å²) in [5.41, 5.74) is 1.75. The molecule has 0 saturated carbocycles. The predicted molar refractivity (Wildman–Crippen MR) is 274 cm³/mol. The fourth-order valence-electron chi connectivity index (χ4n) is 10.7. The number of aromatic hydroxyl groups is 3. The highest BCUT2D eigenvalue weighted by Crippen LogP contribution is 2.40. The molecule has 74 heavy (non-hydrogen) atoms. The summed E-state index contributed by atoms with van der Waals surface area (Å²) < 4.78 is 56.2. The third-order valence-electron chi connectivity index (χ3n) is 14.5. The summed E-state index contributed by atoms with van der Waals surface area (Å²) in [4.78, 5) is 0. The van der Waals surface area contributed by atoms with Crippen LogP contribution in [0.15, 0.2) is 103 Å². The van der Waals surface area contributed by atoms with E-state index in [1.165, 1.54) is 0 Å². The number of rotatable bonds is 25. The van der Waals surface area contributed by atoms with E-state index in [-0.39, 0.29) is 72.6 Å². The van der Waals surface area contributed by atoms with Gasteiger partial charge in [0.15, 0.2) is 25.2 Å². The van der Waals surface area contributed by atoms with Gasteiger partial charge in [0.25, 0.3) is 6.41 Å². The molecule has 406 valence electrons. The van der Waals surface area contributed by atoms with Crippen LogP contribution < -0.4 is 10.1 Å². The van der Waals surface area contributed by atoms with Crippen molar-refractivity contribution in [2.45, 2.75) is 209 Å². The maximum atomic E-state index is 11.5. The standard InChI is InChI=1S/C58H79NO15/c1-3-40-33-43(70-56(69-40)49-25-8-11-28-52(49)63)23-15-22-42-35-47(68-54(67-42)36-59-58(65)74-41-18-5-4-6-19-41)32-39(61)17-14-21-45-34-44(71-57(72-45)50-26-9-12-29-53(50)64)20-13-16-38(60)31-46-30-37(2)66-55(73-46)48-24-7-10-27-51(48)62/h4-12,18-19,24-29,37-40,42-47,54-65H,3,13-17,20-23,30-36H2,1-2H3/t37-,38?,39?,40?,42?,43?,44?,45?,46?,47?,54?,55?,56?,57?,58?/m0/s1. The molecule has 16 nitrogen and oxygen atoms in total. The van der Waals surface area contributed by atoms with Gasteiger partial charge in [-0.3, -0.25) is 5.32 Å². The van der Waals surface area contributed by atoms with Crippen molar-refractivity contribution in [3.05, 3.63) is 120 Å². The van der Waals surface area contributed by atoms with E-state index in [9.17, 15) is 30.6 Å². The first-order chi connectivity index (χ1) is 35.9. The van der Waals surface area contributed by atoms with Crippen molar-refractivity contribution in [1.29, 1.82) is 0 Å². The van der Waals surface area contributed by atoms with Crippen LogP contribution in [0.25, 0.3) is 0 Å². The van der Waals surface area contributed by atoms with Crippen LogP contribution in [0.3, 0.4) is 0 Å². The maximum Gasteiger partial charge on any atom is 0.257 e. The Bertz CT molecular complexity index is 2260. The second-order valence-electron chi connectivity index (χ2n) is 20.5. The molecule has 7 N–H and O–H groups in total. The molecule has 4 saturated heterocycles. The van der Waals surface area contributed by atoms with Crippen molar-refractivity contribution in [2.75, 3.05) is 6.54 Å². The van der Waals surface area contributed by atoms with Crippen molar-refractivity contribution in [1.82, 2.24) is 5.32 Å². The van der Waals surface area contributed by atoms with Gasteiger partial charge in [0.2, 0.25) is 0 Å². The molecular weight excluding hydrogens is 951 g/mol. The Morgan fingerprint density at radius 3 is 1.42 bits per heavy atom. The maximum absolute atomic E-state index is 11.5. The molecule has 14 unspecified atom stereocenters. The Kier molecular flexibility index (Phi) is 21.2. The van der Waals surface area contributed by atoms with E-state index >= 15 is 0 Å². The minimum absolute atomic E-state index is 0.00790. The highest BCUT2D eigenvalue weighted by Gasteiger charge is 2.37. The summed E-state index contributed by atoms with van der Waals surface area (Å²) in [6, 6.07) is 30.2. The molecule has 0 bridgehead atoms. The van der Waals surface area contributed by atoms with Crippen LogP contribution in [-0.2, 0) is 37.9 Å². The van der Waals surface area contributed by atoms with Crippen molar-refractivity contribution in [2.24, 2.45) is 0 Å². The monoisotopic (exact) mass is 1030 g/mol. The van der Waals surface area contributed by atoms with Gasteiger partial charge in [-0.2, -0.15) is 0 Å². The van der Waals surface area contributed by atoms with Gasteiger partial charge >= 0.3 is 0 Å². The van der Waals surface area contributed by atoms with E-state index in [0.29, 0.717) is 93.1 Å². The van der Waals surface area contributed by atoms with Crippen LogP contribution in [-0.4, -0.2) is 111 Å². The van der Waals surface area contributed by atoms with Crippen LogP contribution in [0, 0.1) is 0 Å². The second-order valence-corrected chi connectivity index (χ2v) is 20.5. The number of phenolic OH excluding ortho intramolecular Hbond substituents is 3. The zero-order valence-electron chi connectivity index (χ0n) is 42.9. The molecule has 4 aliphatic rings. The van der Waals surface area contributed by atoms with Crippen LogP contribution in [0.2, 0.25) is 0 Å². The number of phenols is 3. The Morgan fingerprint density at radius 2 is 0.892 bits per heavy atom. The molecule has 4 aromatic carbocycles. The van der Waals surface area contributed by atoms with Crippen molar-refractivity contribution < 1.29 is 73.3 Å². The molecule has 4 aliphatic heterocycles. The third-order valence-corrected chi connectivity index (χ3v) is 14.5. The number of ether oxygens (including phenoxy) is 9. The fourth-order valence-corrected chi connectivity index (χ4v) is 10.7. The lowest BCUT2D eigenvalue weighted by atomic mass is 9.95. The molecule has 15 atom stereocenters. The molecular formula is C58H79NO15. The molecule has 0 amide bonds. The number of hydrogen-bond donors (Lipinski definition) is 7. The molecule has 16 heteroatoms. The molecule has 4 heterocycles. The molecule has 0 aliphatic carbocycles. The predicted octanol–water partition coefficient (Wildman–Crippen LogP) is 9.61. The van der Waals surface area contributed by atoms with E-state index in [4.69, 9.17) is 42.6 Å². The number of para-hydroxylation sites is 4. The molecule has 0 spiro atoms. The fraction of sp³-hybridized carbons (Fsp3) is 0.586. The highest BCUT2D eigenvalue weighted by atomic mass is 16.7. The van der Waals surface area contributed by atoms with Crippen LogP contribution in [0.5, 0.6) is 23.0 Å². The minimum Gasteiger partial charge on any atom is -0.507 e. The first-order valence-electron chi connectivity index (χ1n) is 27.0. The van der Waals surface area contributed by atoms with Crippen LogP contribution in [0.4, 0.5) is 0 Å². The molecule has 0 aromatic heterocycles. The Balaban J connectivity index is 0.823. The van der Waals surface area contributed by atoms with E-state index < -0.39 is 43.8 Å². The smallest absolute Gasteiger partial charge is 0.257 e. The zero-order chi connectivity index (χ0) is 51.8. The van der Waals surface area contributed by atoms with Crippen molar-refractivity contribution >= 4 is 0 Å². The largest absolute Gasteiger partial charge is 0.507 e. The topological polar surface area (TPSA) is 216 Å². The first kappa shape index (κ1) is 55.8. The summed E-state index contributed by atoms with van der Waals surface area (Å²) in [6.07, 6.45) is 3.83. The first-order valence-corrected chi connectivity index (χ1v) is 27.0. The van der Waals surface area contributed by atoms with Crippen molar-refractivity contribution in [3.63, 3.8) is 0 Å². The van der Waals surface area contributed by atoms with E-state index in [2.05, 4.69) is 12.2 Å². The van der Waals surface area contributed by atoms with Gasteiger partial charge in [-0.15, -0.1) is 0 Å². The summed E-state index contributed by atoms with van der Waals surface area (Å²) in [6.45, 7) is 4.23. The summed E-state index contributed by atoms with van der Waals surface area (Å²) in [5.74, 6) is 0.869. The normalized spacial score (nSPS) is 29.8. The highest BCUT2D eigenvalue weighted by molar-refractivity contribution is 5.34. The molecule has 4 fully saturated rings. The van der Waals surface area contributed by atoms with Gasteiger partial charge in [0.1, 0.15) is 23.0 Å². The average Bonchev–Trinajstić information content (AvgIpc) is 3.38. The van der Waals surface area contributed by atoms with Gasteiger partial charge in [-0.25, -0.2) is 0 Å². The molecule has 8 rings (SSSR count). The minimum atomic E-state index is -1.29. The van der Waals surface area contributed by atoms with Gasteiger partial charge in [0.05, 0.1) is 67.6 Å². The third kappa shape index (κ3) is 16.8. The van der Waals surface area contributed by atoms with Crippen molar-refractivity contribution in [3.8, 4) is 23.0 Å². The SMILES string of the molecule is CCC1CC(CCCC2CC(CC(O)CCCC3CC(CCCC(O)CC4C[C@H](C)OC(c5ccccc5O)O4)OC(c4ccccc4O)O3)OC(CNC(O)Oc3ccccc3)O2)OC(c2ccccc2O)O1. The van der Waals surface area contributed by atoms with Crippen LogP contribution >= 0.6 is 0 Å². The number of aliphatic hydroxyl groups is 3. The van der Waals surface area contributed by atoms with Gasteiger partial charge in [-0.05, 0) is 121 Å². The van der Waals surface area contributed by atoms with E-state index in [1.54, 1.807) is 60.7 Å². The number of hydrogen-bond acceptors (Lipinski definition) is 16. The second kappa shape index (κ2) is 28.1. The summed E-state index contributed by atoms with van der Waals surface area (Å²) in [5, 5.41) is 68.1. The lowest BCUT2D eigenvalue weighted by molar-refractivity contribution is -0.254. The lowest BCUT2D eigenvalue weighted by Crippen LogP contribution is -2.47. The zero-order valence-corrected chi connectivity index (χ0v) is 42.9. The van der Waals surface area contributed by atoms with E-state index in [0.717, 1.165) is 32.1 Å². The Labute approximate surface area is 435 Å². The summed E-state index contributed by atoms with van der Waals surface area (Å²) in [7, 11) is 0.